The number of carbonyl (C=O) groups excluding carboxylic acids is 1. The highest BCUT2D eigenvalue weighted by atomic mass is 16.5. The maximum atomic E-state index is 12.3. The minimum Gasteiger partial charge on any atom is -0.497 e. The SMILES string of the molecule is COc1ccc(NC(=O)N2CC3CCNC3C2)c(C)c1. The fourth-order valence-electron chi connectivity index (χ4n) is 3.11. The Hall–Kier alpha value is -1.75. The predicted molar refractivity (Wildman–Crippen MR) is 78.2 cm³/mol. The second-order valence-electron chi connectivity index (χ2n) is 5.63. The van der Waals surface area contributed by atoms with E-state index in [4.69, 9.17) is 4.74 Å². The number of methoxy groups -OCH3 is 1. The number of benzene rings is 1. The van der Waals surface area contributed by atoms with Gasteiger partial charge in [0, 0.05) is 24.8 Å². The largest absolute Gasteiger partial charge is 0.497 e. The zero-order valence-corrected chi connectivity index (χ0v) is 12.0. The number of aryl methyl sites for hydroxylation is 1. The van der Waals surface area contributed by atoms with Crippen molar-refractivity contribution in [1.82, 2.24) is 10.2 Å². The van der Waals surface area contributed by atoms with E-state index in [0.29, 0.717) is 12.0 Å². The van der Waals surface area contributed by atoms with Gasteiger partial charge in [-0.05, 0) is 49.6 Å². The predicted octanol–water partition coefficient (Wildman–Crippen LogP) is 1.83. The normalized spacial score (nSPS) is 24.6. The number of ether oxygens (including phenoxy) is 1. The molecule has 0 aromatic heterocycles. The molecule has 0 saturated carbocycles. The summed E-state index contributed by atoms with van der Waals surface area (Å²) < 4.78 is 5.17. The molecule has 0 bridgehead atoms. The van der Waals surface area contributed by atoms with Gasteiger partial charge in [-0.3, -0.25) is 0 Å². The average molecular weight is 275 g/mol. The number of rotatable bonds is 2. The molecule has 2 fully saturated rings. The van der Waals surface area contributed by atoms with Crippen LogP contribution < -0.4 is 15.4 Å². The van der Waals surface area contributed by atoms with Crippen LogP contribution in [0.2, 0.25) is 0 Å². The number of likely N-dealkylation sites (tertiary alicyclic amines) is 1. The number of anilines is 1. The number of hydrogen-bond donors (Lipinski definition) is 2. The third kappa shape index (κ3) is 2.45. The molecule has 2 aliphatic heterocycles. The van der Waals surface area contributed by atoms with Crippen molar-refractivity contribution in [1.29, 1.82) is 0 Å². The highest BCUT2D eigenvalue weighted by Gasteiger charge is 2.37. The number of fused-ring (bicyclic) bond motifs is 1. The van der Waals surface area contributed by atoms with Gasteiger partial charge in [-0.25, -0.2) is 4.79 Å². The molecule has 1 aromatic rings. The number of nitrogens with zero attached hydrogens (tertiary/aromatic N) is 1. The van der Waals surface area contributed by atoms with Gasteiger partial charge in [0.1, 0.15) is 5.75 Å². The second kappa shape index (κ2) is 5.32. The van der Waals surface area contributed by atoms with Gasteiger partial charge in [-0.15, -0.1) is 0 Å². The van der Waals surface area contributed by atoms with E-state index in [9.17, 15) is 4.79 Å². The molecule has 2 N–H and O–H groups in total. The third-order valence-corrected chi connectivity index (χ3v) is 4.33. The first-order chi connectivity index (χ1) is 9.67. The molecule has 0 aliphatic carbocycles. The molecule has 2 aliphatic rings. The molecular weight excluding hydrogens is 254 g/mol. The van der Waals surface area contributed by atoms with E-state index in [1.165, 1.54) is 6.42 Å². The number of urea groups is 1. The first kappa shape index (κ1) is 13.2. The topological polar surface area (TPSA) is 53.6 Å². The Morgan fingerprint density at radius 2 is 2.30 bits per heavy atom. The highest BCUT2D eigenvalue weighted by Crippen LogP contribution is 2.26. The summed E-state index contributed by atoms with van der Waals surface area (Å²) in [4.78, 5) is 14.2. The van der Waals surface area contributed by atoms with E-state index >= 15 is 0 Å². The van der Waals surface area contributed by atoms with Crippen molar-refractivity contribution in [2.45, 2.75) is 19.4 Å². The van der Waals surface area contributed by atoms with E-state index in [1.807, 2.05) is 30.0 Å². The number of nitrogens with one attached hydrogen (secondary N) is 2. The van der Waals surface area contributed by atoms with E-state index in [2.05, 4.69) is 10.6 Å². The van der Waals surface area contributed by atoms with Crippen molar-refractivity contribution in [2.75, 3.05) is 32.1 Å². The van der Waals surface area contributed by atoms with E-state index in [1.54, 1.807) is 7.11 Å². The van der Waals surface area contributed by atoms with Crippen molar-refractivity contribution in [3.8, 4) is 5.75 Å². The van der Waals surface area contributed by atoms with Crippen LogP contribution >= 0.6 is 0 Å². The number of hydrogen-bond acceptors (Lipinski definition) is 3. The van der Waals surface area contributed by atoms with Crippen LogP contribution in [0.25, 0.3) is 0 Å². The Morgan fingerprint density at radius 3 is 3.00 bits per heavy atom. The van der Waals surface area contributed by atoms with Gasteiger partial charge >= 0.3 is 6.03 Å². The molecule has 0 radical (unpaired) electrons. The summed E-state index contributed by atoms with van der Waals surface area (Å²) >= 11 is 0. The Labute approximate surface area is 119 Å². The van der Waals surface area contributed by atoms with E-state index in [-0.39, 0.29) is 6.03 Å². The quantitative estimate of drug-likeness (QED) is 0.866. The Morgan fingerprint density at radius 1 is 1.45 bits per heavy atom. The van der Waals surface area contributed by atoms with Crippen LogP contribution in [0.5, 0.6) is 5.75 Å². The third-order valence-electron chi connectivity index (χ3n) is 4.33. The van der Waals surface area contributed by atoms with Gasteiger partial charge in [0.2, 0.25) is 0 Å². The highest BCUT2D eigenvalue weighted by molar-refractivity contribution is 5.90. The minimum absolute atomic E-state index is 0.00512. The molecule has 3 rings (SSSR count). The summed E-state index contributed by atoms with van der Waals surface area (Å²) in [5.74, 6) is 1.43. The van der Waals surface area contributed by atoms with Crippen LogP contribution in [0.3, 0.4) is 0 Å². The molecule has 0 spiro atoms. The van der Waals surface area contributed by atoms with E-state index in [0.717, 1.165) is 36.6 Å². The van der Waals surface area contributed by atoms with Crippen molar-refractivity contribution in [3.63, 3.8) is 0 Å². The number of amides is 2. The Bertz CT molecular complexity index is 506. The average Bonchev–Trinajstić information content (AvgIpc) is 3.01. The first-order valence-corrected chi connectivity index (χ1v) is 7.11. The van der Waals surface area contributed by atoms with E-state index < -0.39 is 0 Å². The minimum atomic E-state index is -0.00512. The van der Waals surface area contributed by atoms with Crippen LogP contribution in [0, 0.1) is 12.8 Å². The zero-order chi connectivity index (χ0) is 14.1. The molecule has 2 saturated heterocycles. The maximum absolute atomic E-state index is 12.3. The molecule has 2 amide bonds. The zero-order valence-electron chi connectivity index (χ0n) is 12.0. The van der Waals surface area contributed by atoms with Crippen molar-refractivity contribution in [2.24, 2.45) is 5.92 Å². The molecule has 1 aromatic carbocycles. The van der Waals surface area contributed by atoms with Gasteiger partial charge in [0.25, 0.3) is 0 Å². The smallest absolute Gasteiger partial charge is 0.321 e. The Balaban J connectivity index is 1.64. The summed E-state index contributed by atoms with van der Waals surface area (Å²) in [6, 6.07) is 6.16. The van der Waals surface area contributed by atoms with Crippen LogP contribution in [0.1, 0.15) is 12.0 Å². The lowest BCUT2D eigenvalue weighted by Crippen LogP contribution is -2.36. The van der Waals surface area contributed by atoms with Crippen molar-refractivity contribution < 1.29 is 9.53 Å². The molecular formula is C15H21N3O2. The van der Waals surface area contributed by atoms with Gasteiger partial charge in [0.15, 0.2) is 0 Å². The molecule has 108 valence electrons. The molecule has 20 heavy (non-hydrogen) atoms. The van der Waals surface area contributed by atoms with Gasteiger partial charge in [-0.2, -0.15) is 0 Å². The summed E-state index contributed by atoms with van der Waals surface area (Å²) in [6.07, 6.45) is 1.18. The van der Waals surface area contributed by atoms with Crippen LogP contribution in [0.15, 0.2) is 18.2 Å². The fraction of sp³-hybridized carbons (Fsp3) is 0.533. The lowest BCUT2D eigenvalue weighted by molar-refractivity contribution is 0.219. The summed E-state index contributed by atoms with van der Waals surface area (Å²) in [5, 5.41) is 6.45. The summed E-state index contributed by atoms with van der Waals surface area (Å²) in [7, 11) is 1.64. The summed E-state index contributed by atoms with van der Waals surface area (Å²) in [6.45, 7) is 4.73. The lowest BCUT2D eigenvalue weighted by Gasteiger charge is -2.19. The van der Waals surface area contributed by atoms with Gasteiger partial charge in [-0.1, -0.05) is 0 Å². The van der Waals surface area contributed by atoms with Gasteiger partial charge in [0.05, 0.1) is 7.11 Å². The molecule has 2 atom stereocenters. The van der Waals surface area contributed by atoms with Crippen LogP contribution in [-0.4, -0.2) is 43.7 Å². The molecule has 5 heteroatoms. The van der Waals surface area contributed by atoms with Crippen molar-refractivity contribution >= 4 is 11.7 Å². The monoisotopic (exact) mass is 275 g/mol. The van der Waals surface area contributed by atoms with Gasteiger partial charge < -0.3 is 20.3 Å². The standard InChI is InChI=1S/C15H21N3O2/c1-10-7-12(20-2)3-4-13(10)17-15(19)18-8-11-5-6-16-14(11)9-18/h3-4,7,11,14,16H,5-6,8-9H2,1-2H3,(H,17,19). The second-order valence-corrected chi connectivity index (χ2v) is 5.63. The number of carbonyl (C=O) groups is 1. The lowest BCUT2D eigenvalue weighted by atomic mass is 10.1. The molecule has 2 unspecified atom stereocenters. The summed E-state index contributed by atoms with van der Waals surface area (Å²) in [5.41, 5.74) is 1.86. The van der Waals surface area contributed by atoms with Crippen molar-refractivity contribution in [3.05, 3.63) is 23.8 Å². The molecule has 2 heterocycles. The fourth-order valence-corrected chi connectivity index (χ4v) is 3.11. The van der Waals surface area contributed by atoms with Crippen LogP contribution in [-0.2, 0) is 0 Å². The molecule has 5 nitrogen and oxygen atoms in total. The van der Waals surface area contributed by atoms with Crippen LogP contribution in [0.4, 0.5) is 10.5 Å². The maximum Gasteiger partial charge on any atom is 0.321 e. The Kier molecular flexibility index (Phi) is 3.53. The first-order valence-electron chi connectivity index (χ1n) is 7.11.